The Morgan fingerprint density at radius 1 is 1.33 bits per heavy atom. The summed E-state index contributed by atoms with van der Waals surface area (Å²) in [5.74, 6) is 5.78. The number of carbonyl (C=O) groups is 2. The molecule has 4 N–H and O–H groups in total. The number of ether oxygens (including phenoxy) is 1. The Morgan fingerprint density at radius 3 is 2.74 bits per heavy atom. The van der Waals surface area contributed by atoms with E-state index < -0.39 is 12.1 Å². The molecule has 7 nitrogen and oxygen atoms in total. The van der Waals surface area contributed by atoms with Crippen LogP contribution in [0.2, 0.25) is 0 Å². The van der Waals surface area contributed by atoms with Gasteiger partial charge in [0.1, 0.15) is 6.04 Å². The summed E-state index contributed by atoms with van der Waals surface area (Å²) in [5.41, 5.74) is 0.899. The van der Waals surface area contributed by atoms with Crippen molar-refractivity contribution in [1.29, 1.82) is 0 Å². The number of urea groups is 1. The van der Waals surface area contributed by atoms with Crippen molar-refractivity contribution in [3.8, 4) is 0 Å². The molecule has 0 bridgehead atoms. The number of hydrogen-bond donors (Lipinski definition) is 3. The van der Waals surface area contributed by atoms with Gasteiger partial charge in [0.2, 0.25) is 0 Å². The molecule has 1 aliphatic heterocycles. The van der Waals surface area contributed by atoms with Gasteiger partial charge < -0.3 is 15.4 Å². The smallest absolute Gasteiger partial charge is 0.336 e. The molecule has 2 heterocycles. The Labute approximate surface area is 164 Å². The van der Waals surface area contributed by atoms with Crippen LogP contribution in [0, 0.1) is 0 Å². The lowest BCUT2D eigenvalue weighted by atomic mass is 9.99. The first-order valence-electron chi connectivity index (χ1n) is 9.48. The highest BCUT2D eigenvalue weighted by molar-refractivity contribution is 7.10. The van der Waals surface area contributed by atoms with Crippen molar-refractivity contribution >= 4 is 23.3 Å². The van der Waals surface area contributed by atoms with Crippen molar-refractivity contribution < 1.29 is 14.3 Å². The van der Waals surface area contributed by atoms with Crippen LogP contribution in [-0.4, -0.2) is 37.2 Å². The highest BCUT2D eigenvalue weighted by Gasteiger charge is 2.38. The number of nitrogens with two attached hydrogens (primary N) is 1. The second kappa shape index (κ2) is 11.1. The molecule has 0 spiro atoms. The van der Waals surface area contributed by atoms with Gasteiger partial charge in [-0.25, -0.2) is 15.6 Å². The molecular formula is C19H30N4O3S. The monoisotopic (exact) mass is 394 g/mol. The molecule has 3 amide bonds. The zero-order chi connectivity index (χ0) is 19.6. The van der Waals surface area contributed by atoms with Gasteiger partial charge in [0.15, 0.2) is 0 Å². The third kappa shape index (κ3) is 5.79. The molecule has 150 valence electrons. The molecule has 0 fully saturated rings. The molecule has 1 aromatic rings. The minimum absolute atomic E-state index is 0.140. The maximum Gasteiger partial charge on any atom is 0.336 e. The van der Waals surface area contributed by atoms with Gasteiger partial charge in [-0.05, 0) is 17.9 Å². The second-order valence-corrected chi connectivity index (χ2v) is 7.58. The molecule has 1 unspecified atom stereocenters. The molecule has 8 heteroatoms. The van der Waals surface area contributed by atoms with Gasteiger partial charge in [0.25, 0.3) is 5.91 Å². The summed E-state index contributed by atoms with van der Waals surface area (Å²) in [7, 11) is 1.53. The number of hydrazine groups is 1. The summed E-state index contributed by atoms with van der Waals surface area (Å²) in [5, 5.41) is 8.63. The lowest BCUT2D eigenvalue weighted by Gasteiger charge is -2.34. The Balaban J connectivity index is 2.08. The molecule has 2 rings (SSSR count). The van der Waals surface area contributed by atoms with E-state index in [1.807, 2.05) is 17.5 Å². The van der Waals surface area contributed by atoms with Crippen LogP contribution in [0.5, 0.6) is 0 Å². The van der Waals surface area contributed by atoms with Gasteiger partial charge in [-0.1, -0.05) is 45.1 Å². The van der Waals surface area contributed by atoms with Gasteiger partial charge in [0, 0.05) is 18.5 Å². The van der Waals surface area contributed by atoms with Crippen LogP contribution in [0.15, 0.2) is 28.8 Å². The first-order valence-corrected chi connectivity index (χ1v) is 10.4. The molecule has 0 radical (unpaired) electrons. The van der Waals surface area contributed by atoms with E-state index in [4.69, 9.17) is 10.6 Å². The Bertz CT molecular complexity index is 645. The van der Waals surface area contributed by atoms with Crippen molar-refractivity contribution in [3.63, 3.8) is 0 Å². The summed E-state index contributed by atoms with van der Waals surface area (Å²) in [6.45, 7) is 2.94. The van der Waals surface area contributed by atoms with E-state index in [0.717, 1.165) is 22.7 Å². The van der Waals surface area contributed by atoms with Crippen LogP contribution in [0.4, 0.5) is 4.79 Å². The quantitative estimate of drug-likeness (QED) is 0.305. The number of hydrogen-bond acceptors (Lipinski definition) is 5. The average Bonchev–Trinajstić information content (AvgIpc) is 3.17. The van der Waals surface area contributed by atoms with Crippen LogP contribution >= 0.6 is 11.3 Å². The topological polar surface area (TPSA) is 96.7 Å². The highest BCUT2D eigenvalue weighted by atomic mass is 32.1. The lowest BCUT2D eigenvalue weighted by molar-refractivity contribution is -0.118. The number of carbonyl (C=O) groups excluding carboxylic acids is 2. The van der Waals surface area contributed by atoms with E-state index in [9.17, 15) is 9.59 Å². The molecule has 0 saturated heterocycles. The van der Waals surface area contributed by atoms with Crippen molar-refractivity contribution in [3.05, 3.63) is 33.7 Å². The molecule has 1 atom stereocenters. The summed E-state index contributed by atoms with van der Waals surface area (Å²) in [6, 6.07) is 2.68. The van der Waals surface area contributed by atoms with E-state index in [1.54, 1.807) is 0 Å². The van der Waals surface area contributed by atoms with Gasteiger partial charge in [-0.15, -0.1) is 11.3 Å². The maximum absolute atomic E-state index is 12.9. The van der Waals surface area contributed by atoms with Crippen molar-refractivity contribution in [2.45, 2.75) is 51.5 Å². The van der Waals surface area contributed by atoms with Crippen molar-refractivity contribution in [1.82, 2.24) is 15.6 Å². The first-order chi connectivity index (χ1) is 13.1. The standard InChI is InChI=1S/C19H30N4O3S/c1-3-4-5-6-7-8-11-21-18(24)16-14(13-26-2)22-19(25)23(20)17(16)15-10-9-12-27-15/h9-10,12,17H,3-8,11,13,20H2,1-2H3,(H,21,24)(H,22,25). The van der Waals surface area contributed by atoms with Crippen LogP contribution in [0.25, 0.3) is 0 Å². The lowest BCUT2D eigenvalue weighted by Crippen LogP contribution is -2.53. The van der Waals surface area contributed by atoms with E-state index in [1.165, 1.54) is 44.1 Å². The van der Waals surface area contributed by atoms with Gasteiger partial charge >= 0.3 is 6.03 Å². The minimum Gasteiger partial charge on any atom is -0.378 e. The normalized spacial score (nSPS) is 17.2. The Morgan fingerprint density at radius 2 is 2.07 bits per heavy atom. The highest BCUT2D eigenvalue weighted by Crippen LogP contribution is 2.34. The number of nitrogens with zero attached hydrogens (tertiary/aromatic N) is 1. The van der Waals surface area contributed by atoms with Gasteiger partial charge in [0.05, 0.1) is 17.9 Å². The fourth-order valence-corrected chi connectivity index (χ4v) is 3.96. The average molecular weight is 395 g/mol. The molecule has 1 aromatic heterocycles. The second-order valence-electron chi connectivity index (χ2n) is 6.60. The number of unbranched alkanes of at least 4 members (excludes halogenated alkanes) is 5. The number of nitrogens with one attached hydrogen (secondary N) is 2. The number of thiophene rings is 1. The Kier molecular flexibility index (Phi) is 8.77. The predicted octanol–water partition coefficient (Wildman–Crippen LogP) is 3.07. The molecule has 0 aromatic carbocycles. The zero-order valence-corrected chi connectivity index (χ0v) is 16.9. The first kappa shape index (κ1) is 21.4. The molecule has 27 heavy (non-hydrogen) atoms. The summed E-state index contributed by atoms with van der Waals surface area (Å²) in [4.78, 5) is 26.0. The van der Waals surface area contributed by atoms with E-state index >= 15 is 0 Å². The van der Waals surface area contributed by atoms with Crippen molar-refractivity contribution in [2.24, 2.45) is 5.84 Å². The maximum atomic E-state index is 12.9. The van der Waals surface area contributed by atoms with E-state index in [-0.39, 0.29) is 12.5 Å². The van der Waals surface area contributed by atoms with Crippen LogP contribution < -0.4 is 16.5 Å². The van der Waals surface area contributed by atoms with Gasteiger partial charge in [-0.2, -0.15) is 0 Å². The van der Waals surface area contributed by atoms with E-state index in [2.05, 4.69) is 17.6 Å². The van der Waals surface area contributed by atoms with E-state index in [0.29, 0.717) is 17.8 Å². The zero-order valence-electron chi connectivity index (χ0n) is 16.1. The Hall–Kier alpha value is -1.90. The van der Waals surface area contributed by atoms with Crippen molar-refractivity contribution in [2.75, 3.05) is 20.3 Å². The molecule has 0 aliphatic carbocycles. The predicted molar refractivity (Wildman–Crippen MR) is 107 cm³/mol. The summed E-state index contributed by atoms with van der Waals surface area (Å²) >= 11 is 1.46. The third-order valence-corrected chi connectivity index (χ3v) is 5.46. The summed E-state index contributed by atoms with van der Waals surface area (Å²) in [6.07, 6.45) is 6.93. The third-order valence-electron chi connectivity index (χ3n) is 4.53. The number of rotatable bonds is 11. The largest absolute Gasteiger partial charge is 0.378 e. The van der Waals surface area contributed by atoms with Crippen LogP contribution in [0.1, 0.15) is 56.4 Å². The van der Waals surface area contributed by atoms with Gasteiger partial charge in [-0.3, -0.25) is 4.79 Å². The fourth-order valence-electron chi connectivity index (χ4n) is 3.13. The van der Waals surface area contributed by atoms with Crippen LogP contribution in [0.3, 0.4) is 0 Å². The number of methoxy groups -OCH3 is 1. The summed E-state index contributed by atoms with van der Waals surface area (Å²) < 4.78 is 5.18. The SMILES string of the molecule is CCCCCCCCNC(=O)C1=C(COC)NC(=O)N(N)C1c1cccs1. The fraction of sp³-hybridized carbons (Fsp3) is 0.579. The minimum atomic E-state index is -0.617. The molecule has 1 aliphatic rings. The molecule has 0 saturated carbocycles. The molecular weight excluding hydrogens is 364 g/mol. The number of amides is 3. The van der Waals surface area contributed by atoms with Crippen LogP contribution in [-0.2, 0) is 9.53 Å².